The van der Waals surface area contributed by atoms with Crippen molar-refractivity contribution < 1.29 is 9.15 Å². The summed E-state index contributed by atoms with van der Waals surface area (Å²) in [4.78, 5) is 4.67. The Morgan fingerprint density at radius 3 is 2.68 bits per heavy atom. The number of aliphatic imine (C=N–C) groups is 1. The molecule has 0 atom stereocenters. The third kappa shape index (κ3) is 6.69. The van der Waals surface area contributed by atoms with E-state index < -0.39 is 0 Å². The predicted octanol–water partition coefficient (Wildman–Crippen LogP) is 2.17. The molecule has 0 saturated heterocycles. The highest BCUT2D eigenvalue weighted by atomic mass is 127. The number of hydrogen-bond acceptors (Lipinski definition) is 4. The SMILES string of the molecule is COCCNC(=NCc1c(C)nn(C)c1C)NCCc1ccco1.I. The van der Waals surface area contributed by atoms with Crippen LogP contribution in [0.3, 0.4) is 0 Å². The summed E-state index contributed by atoms with van der Waals surface area (Å²) >= 11 is 0. The Kier molecular flexibility index (Phi) is 9.58. The van der Waals surface area contributed by atoms with Crippen LogP contribution in [0.15, 0.2) is 27.8 Å². The number of rotatable bonds is 8. The monoisotopic (exact) mass is 461 g/mol. The van der Waals surface area contributed by atoms with Gasteiger partial charge in [0.25, 0.3) is 0 Å². The van der Waals surface area contributed by atoms with E-state index in [1.165, 1.54) is 0 Å². The minimum atomic E-state index is 0. The lowest BCUT2D eigenvalue weighted by Crippen LogP contribution is -2.40. The van der Waals surface area contributed by atoms with Crippen LogP contribution >= 0.6 is 24.0 Å². The summed E-state index contributed by atoms with van der Waals surface area (Å²) in [6.07, 6.45) is 2.50. The van der Waals surface area contributed by atoms with Gasteiger partial charge < -0.3 is 19.8 Å². The fourth-order valence-corrected chi connectivity index (χ4v) is 2.41. The topological polar surface area (TPSA) is 76.6 Å². The molecule has 2 aromatic heterocycles. The third-order valence-corrected chi connectivity index (χ3v) is 3.90. The van der Waals surface area contributed by atoms with Crippen LogP contribution in [0.25, 0.3) is 0 Å². The van der Waals surface area contributed by atoms with Crippen LogP contribution in [0.1, 0.15) is 22.7 Å². The highest BCUT2D eigenvalue weighted by Gasteiger charge is 2.09. The lowest BCUT2D eigenvalue weighted by atomic mass is 10.2. The van der Waals surface area contributed by atoms with Gasteiger partial charge in [-0.2, -0.15) is 5.10 Å². The molecule has 7 nitrogen and oxygen atoms in total. The molecule has 140 valence electrons. The quantitative estimate of drug-likeness (QED) is 0.273. The molecular formula is C17H28IN5O2. The number of hydrogen-bond donors (Lipinski definition) is 2. The minimum absolute atomic E-state index is 0. The second-order valence-electron chi connectivity index (χ2n) is 5.61. The van der Waals surface area contributed by atoms with Crippen LogP contribution < -0.4 is 10.6 Å². The third-order valence-electron chi connectivity index (χ3n) is 3.90. The van der Waals surface area contributed by atoms with E-state index >= 15 is 0 Å². The highest BCUT2D eigenvalue weighted by Crippen LogP contribution is 2.12. The molecule has 0 aromatic carbocycles. The lowest BCUT2D eigenvalue weighted by molar-refractivity contribution is 0.203. The zero-order chi connectivity index (χ0) is 17.4. The molecule has 0 aliphatic rings. The van der Waals surface area contributed by atoms with Crippen molar-refractivity contribution in [3.8, 4) is 0 Å². The van der Waals surface area contributed by atoms with E-state index in [0.717, 1.165) is 41.6 Å². The molecular weight excluding hydrogens is 433 g/mol. The van der Waals surface area contributed by atoms with Gasteiger partial charge in [-0.1, -0.05) is 0 Å². The van der Waals surface area contributed by atoms with Gasteiger partial charge in [0.2, 0.25) is 0 Å². The van der Waals surface area contributed by atoms with Crippen molar-refractivity contribution >= 4 is 29.9 Å². The second-order valence-corrected chi connectivity index (χ2v) is 5.61. The summed E-state index contributed by atoms with van der Waals surface area (Å²) in [6, 6.07) is 3.87. The number of nitrogens with zero attached hydrogens (tertiary/aromatic N) is 3. The van der Waals surface area contributed by atoms with Gasteiger partial charge in [0.15, 0.2) is 5.96 Å². The zero-order valence-electron chi connectivity index (χ0n) is 15.3. The van der Waals surface area contributed by atoms with Crippen LogP contribution in [0, 0.1) is 13.8 Å². The van der Waals surface area contributed by atoms with E-state index in [0.29, 0.717) is 19.7 Å². The van der Waals surface area contributed by atoms with E-state index in [9.17, 15) is 0 Å². The summed E-state index contributed by atoms with van der Waals surface area (Å²) in [5.74, 6) is 1.72. The fraction of sp³-hybridized carbons (Fsp3) is 0.529. The lowest BCUT2D eigenvalue weighted by Gasteiger charge is -2.12. The maximum Gasteiger partial charge on any atom is 0.191 e. The number of methoxy groups -OCH3 is 1. The van der Waals surface area contributed by atoms with Crippen molar-refractivity contribution in [2.75, 3.05) is 26.8 Å². The number of nitrogens with one attached hydrogen (secondary N) is 2. The maximum absolute atomic E-state index is 5.35. The predicted molar refractivity (Wildman–Crippen MR) is 110 cm³/mol. The Labute approximate surface area is 166 Å². The first kappa shape index (κ1) is 21.5. The molecule has 2 N–H and O–H groups in total. The van der Waals surface area contributed by atoms with Gasteiger partial charge in [0, 0.05) is 44.9 Å². The first-order valence-corrected chi connectivity index (χ1v) is 8.14. The van der Waals surface area contributed by atoms with Gasteiger partial charge >= 0.3 is 0 Å². The highest BCUT2D eigenvalue weighted by molar-refractivity contribution is 14.0. The molecule has 2 aromatic rings. The summed E-state index contributed by atoms with van der Waals surface area (Å²) in [5, 5.41) is 11.0. The Morgan fingerprint density at radius 1 is 1.32 bits per heavy atom. The number of guanidine groups is 1. The normalized spacial score (nSPS) is 11.3. The summed E-state index contributed by atoms with van der Waals surface area (Å²) in [5.41, 5.74) is 3.32. The molecule has 0 saturated carbocycles. The molecule has 2 rings (SSSR count). The molecule has 0 amide bonds. The van der Waals surface area contributed by atoms with E-state index in [2.05, 4.69) is 27.6 Å². The van der Waals surface area contributed by atoms with Crippen LogP contribution in [0.5, 0.6) is 0 Å². The smallest absolute Gasteiger partial charge is 0.191 e. The van der Waals surface area contributed by atoms with E-state index in [1.54, 1.807) is 13.4 Å². The van der Waals surface area contributed by atoms with Gasteiger partial charge in [0.1, 0.15) is 5.76 Å². The first-order valence-electron chi connectivity index (χ1n) is 8.14. The number of halogens is 1. The Bertz CT molecular complexity index is 652. The van der Waals surface area contributed by atoms with E-state index in [-0.39, 0.29) is 24.0 Å². The molecule has 0 radical (unpaired) electrons. The molecule has 25 heavy (non-hydrogen) atoms. The molecule has 2 heterocycles. The summed E-state index contributed by atoms with van der Waals surface area (Å²) in [7, 11) is 3.64. The Hall–Kier alpha value is -1.55. The fourth-order valence-electron chi connectivity index (χ4n) is 2.41. The van der Waals surface area contributed by atoms with Crippen molar-refractivity contribution in [1.29, 1.82) is 0 Å². The average molecular weight is 461 g/mol. The van der Waals surface area contributed by atoms with Crippen molar-refractivity contribution in [3.63, 3.8) is 0 Å². The molecule has 8 heteroatoms. The summed E-state index contributed by atoms with van der Waals surface area (Å²) < 4.78 is 12.3. The minimum Gasteiger partial charge on any atom is -0.469 e. The Balaban J connectivity index is 0.00000312. The molecule has 0 aliphatic carbocycles. The molecule has 0 unspecified atom stereocenters. The summed E-state index contributed by atoms with van der Waals surface area (Å²) in [6.45, 7) is 6.75. The average Bonchev–Trinajstić information content (AvgIpc) is 3.15. The van der Waals surface area contributed by atoms with Crippen molar-refractivity contribution in [2.45, 2.75) is 26.8 Å². The molecule has 0 aliphatic heterocycles. The zero-order valence-corrected chi connectivity index (χ0v) is 17.7. The number of aromatic nitrogens is 2. The molecule has 0 bridgehead atoms. The molecule has 0 spiro atoms. The van der Waals surface area contributed by atoms with Gasteiger partial charge in [-0.15, -0.1) is 24.0 Å². The van der Waals surface area contributed by atoms with Gasteiger partial charge in [0.05, 0.1) is 25.1 Å². The van der Waals surface area contributed by atoms with E-state index in [1.807, 2.05) is 30.8 Å². The standard InChI is InChI=1S/C17H27N5O2.HI/c1-13-16(14(2)22(3)21-13)12-20-17(19-9-11-23-4)18-8-7-15-6-5-10-24-15;/h5-6,10H,7-9,11-12H2,1-4H3,(H2,18,19,20);1H. The van der Waals surface area contributed by atoms with Crippen molar-refractivity contribution in [2.24, 2.45) is 12.0 Å². The van der Waals surface area contributed by atoms with Crippen molar-refractivity contribution in [1.82, 2.24) is 20.4 Å². The second kappa shape index (κ2) is 11.1. The van der Waals surface area contributed by atoms with Gasteiger partial charge in [-0.3, -0.25) is 4.68 Å². The van der Waals surface area contributed by atoms with Gasteiger partial charge in [-0.05, 0) is 26.0 Å². The van der Waals surface area contributed by atoms with Crippen LogP contribution in [-0.2, 0) is 24.8 Å². The number of ether oxygens (including phenoxy) is 1. The first-order chi connectivity index (χ1) is 11.6. The van der Waals surface area contributed by atoms with Gasteiger partial charge in [-0.25, -0.2) is 4.99 Å². The number of furan rings is 1. The number of aryl methyl sites for hydroxylation is 2. The van der Waals surface area contributed by atoms with Crippen LogP contribution in [0.4, 0.5) is 0 Å². The molecule has 0 fully saturated rings. The van der Waals surface area contributed by atoms with Crippen LogP contribution in [0.2, 0.25) is 0 Å². The van der Waals surface area contributed by atoms with E-state index in [4.69, 9.17) is 9.15 Å². The maximum atomic E-state index is 5.35. The van der Waals surface area contributed by atoms with Crippen molar-refractivity contribution in [3.05, 3.63) is 41.1 Å². The largest absolute Gasteiger partial charge is 0.469 e. The Morgan fingerprint density at radius 2 is 2.08 bits per heavy atom. The van der Waals surface area contributed by atoms with Crippen LogP contribution in [-0.4, -0.2) is 42.5 Å².